The van der Waals surface area contributed by atoms with E-state index in [-0.39, 0.29) is 0 Å². The van der Waals surface area contributed by atoms with Crippen LogP contribution in [0.2, 0.25) is 0 Å². The SMILES string of the molecule is Cc1ccc(CN(C)CC2CO2)cc1. The molecule has 1 aliphatic heterocycles. The first-order valence-corrected chi connectivity index (χ1v) is 5.10. The molecule has 0 N–H and O–H groups in total. The smallest absolute Gasteiger partial charge is 0.0936 e. The van der Waals surface area contributed by atoms with Gasteiger partial charge in [-0.1, -0.05) is 29.8 Å². The second kappa shape index (κ2) is 4.11. The number of hydrogen-bond donors (Lipinski definition) is 0. The normalized spacial score (nSPS) is 20.1. The van der Waals surface area contributed by atoms with Gasteiger partial charge in [-0.25, -0.2) is 0 Å². The lowest BCUT2D eigenvalue weighted by Gasteiger charge is -2.15. The first-order chi connectivity index (χ1) is 6.74. The molecule has 76 valence electrons. The van der Waals surface area contributed by atoms with Crippen molar-refractivity contribution in [3.05, 3.63) is 35.4 Å². The Morgan fingerprint density at radius 3 is 2.57 bits per heavy atom. The van der Waals surface area contributed by atoms with Gasteiger partial charge in [0.1, 0.15) is 0 Å². The van der Waals surface area contributed by atoms with E-state index in [1.54, 1.807) is 0 Å². The van der Waals surface area contributed by atoms with Gasteiger partial charge >= 0.3 is 0 Å². The quantitative estimate of drug-likeness (QED) is 0.675. The van der Waals surface area contributed by atoms with E-state index in [0.29, 0.717) is 6.10 Å². The Morgan fingerprint density at radius 1 is 1.36 bits per heavy atom. The summed E-state index contributed by atoms with van der Waals surface area (Å²) in [5, 5.41) is 0. The lowest BCUT2D eigenvalue weighted by atomic mass is 10.1. The van der Waals surface area contributed by atoms with Gasteiger partial charge < -0.3 is 4.74 Å². The third kappa shape index (κ3) is 2.82. The standard InChI is InChI=1S/C12H17NO/c1-10-3-5-11(6-4-10)7-13(2)8-12-9-14-12/h3-6,12H,7-9H2,1-2H3. The Bertz CT molecular complexity index is 290. The molecule has 0 aliphatic carbocycles. The molecule has 0 amide bonds. The van der Waals surface area contributed by atoms with E-state index in [1.807, 2.05) is 0 Å². The average molecular weight is 191 g/mol. The maximum Gasteiger partial charge on any atom is 0.0936 e. The molecule has 1 aromatic rings. The Morgan fingerprint density at radius 2 is 2.00 bits per heavy atom. The molecule has 2 heteroatoms. The van der Waals surface area contributed by atoms with E-state index >= 15 is 0 Å². The fourth-order valence-corrected chi connectivity index (χ4v) is 1.59. The van der Waals surface area contributed by atoms with Gasteiger partial charge in [-0.05, 0) is 19.5 Å². The van der Waals surface area contributed by atoms with Crippen LogP contribution in [0.4, 0.5) is 0 Å². The fourth-order valence-electron chi connectivity index (χ4n) is 1.59. The molecule has 1 atom stereocenters. The largest absolute Gasteiger partial charge is 0.372 e. The molecule has 1 fully saturated rings. The number of aryl methyl sites for hydroxylation is 1. The topological polar surface area (TPSA) is 15.8 Å². The maximum absolute atomic E-state index is 5.19. The van der Waals surface area contributed by atoms with Crippen molar-refractivity contribution in [2.75, 3.05) is 20.2 Å². The minimum Gasteiger partial charge on any atom is -0.372 e. The van der Waals surface area contributed by atoms with Crippen molar-refractivity contribution in [3.63, 3.8) is 0 Å². The minimum absolute atomic E-state index is 0.491. The zero-order chi connectivity index (χ0) is 9.97. The lowest BCUT2D eigenvalue weighted by Crippen LogP contribution is -2.22. The molecule has 0 saturated carbocycles. The zero-order valence-electron chi connectivity index (χ0n) is 8.86. The summed E-state index contributed by atoms with van der Waals surface area (Å²) < 4.78 is 5.19. The monoisotopic (exact) mass is 191 g/mol. The van der Waals surface area contributed by atoms with Crippen LogP contribution in [0.25, 0.3) is 0 Å². The molecular formula is C12H17NO. The molecule has 1 aliphatic rings. The van der Waals surface area contributed by atoms with Crippen LogP contribution in [0.3, 0.4) is 0 Å². The first kappa shape index (κ1) is 9.69. The molecule has 1 saturated heterocycles. The molecule has 14 heavy (non-hydrogen) atoms. The molecular weight excluding hydrogens is 174 g/mol. The number of nitrogens with zero attached hydrogens (tertiary/aromatic N) is 1. The van der Waals surface area contributed by atoms with Crippen molar-refractivity contribution < 1.29 is 4.74 Å². The summed E-state index contributed by atoms with van der Waals surface area (Å²) in [4.78, 5) is 2.31. The molecule has 2 rings (SSSR count). The third-order valence-electron chi connectivity index (χ3n) is 2.49. The van der Waals surface area contributed by atoms with Crippen molar-refractivity contribution >= 4 is 0 Å². The van der Waals surface area contributed by atoms with Crippen molar-refractivity contribution in [1.82, 2.24) is 4.90 Å². The van der Waals surface area contributed by atoms with E-state index in [4.69, 9.17) is 4.74 Å². The molecule has 0 bridgehead atoms. The van der Waals surface area contributed by atoms with Gasteiger partial charge in [0.15, 0.2) is 0 Å². The predicted octanol–water partition coefficient (Wildman–Crippen LogP) is 1.83. The van der Waals surface area contributed by atoms with Crippen LogP contribution in [-0.2, 0) is 11.3 Å². The van der Waals surface area contributed by atoms with Gasteiger partial charge in [0, 0.05) is 13.1 Å². The third-order valence-corrected chi connectivity index (χ3v) is 2.49. The zero-order valence-corrected chi connectivity index (χ0v) is 8.86. The van der Waals surface area contributed by atoms with E-state index in [2.05, 4.69) is 43.1 Å². The molecule has 1 heterocycles. The summed E-state index contributed by atoms with van der Waals surface area (Å²) >= 11 is 0. The average Bonchev–Trinajstić information content (AvgIpc) is 2.93. The van der Waals surface area contributed by atoms with Gasteiger partial charge in [0.05, 0.1) is 12.7 Å². The van der Waals surface area contributed by atoms with Gasteiger partial charge in [0.2, 0.25) is 0 Å². The summed E-state index contributed by atoms with van der Waals surface area (Å²) in [6.07, 6.45) is 0.491. The second-order valence-corrected chi connectivity index (χ2v) is 4.14. The lowest BCUT2D eigenvalue weighted by molar-refractivity contribution is 0.278. The highest BCUT2D eigenvalue weighted by molar-refractivity contribution is 5.21. The van der Waals surface area contributed by atoms with Crippen molar-refractivity contribution in [2.24, 2.45) is 0 Å². The highest BCUT2D eigenvalue weighted by atomic mass is 16.6. The van der Waals surface area contributed by atoms with E-state index < -0.39 is 0 Å². The first-order valence-electron chi connectivity index (χ1n) is 5.10. The summed E-state index contributed by atoms with van der Waals surface area (Å²) in [5.41, 5.74) is 2.70. The fraction of sp³-hybridized carbons (Fsp3) is 0.500. The van der Waals surface area contributed by atoms with Crippen LogP contribution in [0.5, 0.6) is 0 Å². The summed E-state index contributed by atoms with van der Waals surface area (Å²) in [7, 11) is 2.14. The summed E-state index contributed by atoms with van der Waals surface area (Å²) in [6.45, 7) is 5.12. The molecule has 1 aromatic carbocycles. The molecule has 0 aromatic heterocycles. The van der Waals surface area contributed by atoms with Crippen LogP contribution in [-0.4, -0.2) is 31.2 Å². The molecule has 1 unspecified atom stereocenters. The van der Waals surface area contributed by atoms with Gasteiger partial charge in [-0.2, -0.15) is 0 Å². The van der Waals surface area contributed by atoms with Gasteiger partial charge in [0.25, 0.3) is 0 Å². The summed E-state index contributed by atoms with van der Waals surface area (Å²) in [6, 6.07) is 8.72. The Balaban J connectivity index is 1.85. The summed E-state index contributed by atoms with van der Waals surface area (Å²) in [5.74, 6) is 0. The van der Waals surface area contributed by atoms with Crippen LogP contribution >= 0.6 is 0 Å². The maximum atomic E-state index is 5.19. The highest BCUT2D eigenvalue weighted by Crippen LogP contribution is 2.12. The Kier molecular flexibility index (Phi) is 2.85. The highest BCUT2D eigenvalue weighted by Gasteiger charge is 2.23. The number of rotatable bonds is 4. The van der Waals surface area contributed by atoms with Crippen LogP contribution in [0, 0.1) is 6.92 Å². The second-order valence-electron chi connectivity index (χ2n) is 4.14. The molecule has 2 nitrogen and oxygen atoms in total. The Hall–Kier alpha value is -0.860. The van der Waals surface area contributed by atoms with Crippen molar-refractivity contribution in [3.8, 4) is 0 Å². The van der Waals surface area contributed by atoms with Crippen LogP contribution in [0.1, 0.15) is 11.1 Å². The van der Waals surface area contributed by atoms with Crippen molar-refractivity contribution in [1.29, 1.82) is 0 Å². The van der Waals surface area contributed by atoms with Crippen LogP contribution < -0.4 is 0 Å². The van der Waals surface area contributed by atoms with Crippen molar-refractivity contribution in [2.45, 2.75) is 19.6 Å². The number of likely N-dealkylation sites (N-methyl/N-ethyl adjacent to an activating group) is 1. The number of benzene rings is 1. The van der Waals surface area contributed by atoms with Crippen LogP contribution in [0.15, 0.2) is 24.3 Å². The van der Waals surface area contributed by atoms with E-state index in [0.717, 1.165) is 19.7 Å². The number of ether oxygens (including phenoxy) is 1. The van der Waals surface area contributed by atoms with E-state index in [1.165, 1.54) is 11.1 Å². The van der Waals surface area contributed by atoms with E-state index in [9.17, 15) is 0 Å². The van der Waals surface area contributed by atoms with Gasteiger partial charge in [-0.3, -0.25) is 4.90 Å². The number of epoxide rings is 1. The molecule has 0 radical (unpaired) electrons. The molecule has 0 spiro atoms. The predicted molar refractivity (Wildman–Crippen MR) is 57.3 cm³/mol. The van der Waals surface area contributed by atoms with Gasteiger partial charge in [-0.15, -0.1) is 0 Å². The number of hydrogen-bond acceptors (Lipinski definition) is 2. The minimum atomic E-state index is 0.491. The Labute approximate surface area is 85.5 Å².